The van der Waals surface area contributed by atoms with Gasteiger partial charge in [0.2, 0.25) is 0 Å². The molecule has 0 radical (unpaired) electrons. The van der Waals surface area contributed by atoms with Gasteiger partial charge in [-0.1, -0.05) is 45.0 Å². The zero-order chi connectivity index (χ0) is 9.99. The maximum Gasteiger partial charge on any atom is 0.0819 e. The van der Waals surface area contributed by atoms with E-state index in [0.29, 0.717) is 0 Å². The lowest BCUT2D eigenvalue weighted by molar-refractivity contribution is 1.54. The van der Waals surface area contributed by atoms with Crippen LogP contribution in [0.3, 0.4) is 0 Å². The van der Waals surface area contributed by atoms with Crippen LogP contribution >= 0.6 is 0 Å². The molecule has 0 nitrogen and oxygen atoms in total. The molecule has 0 aromatic heterocycles. The second-order valence-electron chi connectivity index (χ2n) is 5.53. The van der Waals surface area contributed by atoms with E-state index in [2.05, 4.69) is 57.6 Å². The van der Waals surface area contributed by atoms with E-state index in [9.17, 15) is 0 Å². The summed E-state index contributed by atoms with van der Waals surface area (Å²) in [6.07, 6.45) is 0. The van der Waals surface area contributed by atoms with Crippen LogP contribution in [-0.4, -0.2) is 16.1 Å². The predicted molar refractivity (Wildman–Crippen MR) is 64.0 cm³/mol. The average molecular weight is 198 g/mol. The summed E-state index contributed by atoms with van der Waals surface area (Å²) in [6, 6.07) is 0. The lowest BCUT2D eigenvalue weighted by Crippen LogP contribution is -2.22. The van der Waals surface area contributed by atoms with E-state index in [1.165, 1.54) is 5.20 Å². The van der Waals surface area contributed by atoms with Gasteiger partial charge in [0.15, 0.2) is 0 Å². The van der Waals surface area contributed by atoms with Gasteiger partial charge in [0.05, 0.1) is 16.1 Å². The van der Waals surface area contributed by atoms with Crippen molar-refractivity contribution in [1.29, 1.82) is 0 Å². The average Bonchev–Trinajstić information content (AvgIpc) is 1.78. The Labute approximate surface area is 79.4 Å². The minimum absolute atomic E-state index is 1.03. The number of hydrogen-bond donors (Lipinski definition) is 0. The molecule has 0 aliphatic carbocycles. The van der Waals surface area contributed by atoms with Gasteiger partial charge in [-0.25, -0.2) is 0 Å². The zero-order valence-electron chi connectivity index (χ0n) is 9.58. The Bertz CT molecular complexity index is 207. The molecule has 0 aliphatic rings. The van der Waals surface area contributed by atoms with Gasteiger partial charge in [-0.15, -0.1) is 5.73 Å². The largest absolute Gasteiger partial charge is 0.135 e. The van der Waals surface area contributed by atoms with Crippen LogP contribution in [0.1, 0.15) is 6.92 Å². The molecule has 0 N–H and O–H groups in total. The summed E-state index contributed by atoms with van der Waals surface area (Å²) in [5.41, 5.74) is 5.80. The normalized spacial score (nSPS) is 12.2. The highest BCUT2D eigenvalue weighted by molar-refractivity contribution is 6.83. The molecule has 0 atom stereocenters. The van der Waals surface area contributed by atoms with Crippen LogP contribution in [0.4, 0.5) is 0 Å². The number of allylic oxidation sites excluding steroid dienone is 1. The molecule has 12 heavy (non-hydrogen) atoms. The molecule has 0 saturated carbocycles. The van der Waals surface area contributed by atoms with Crippen LogP contribution < -0.4 is 0 Å². The summed E-state index contributed by atoms with van der Waals surface area (Å²) in [5.74, 6) is 0. The topological polar surface area (TPSA) is 0 Å². The molecular formula is C10H22Si2. The van der Waals surface area contributed by atoms with Gasteiger partial charge < -0.3 is 0 Å². The third kappa shape index (κ3) is 5.58. The lowest BCUT2D eigenvalue weighted by Gasteiger charge is -2.15. The lowest BCUT2D eigenvalue weighted by atomic mass is 10.7. The van der Waals surface area contributed by atoms with Gasteiger partial charge in [-0.2, -0.15) is 0 Å². The molecule has 0 unspecified atom stereocenters. The third-order valence-corrected chi connectivity index (χ3v) is 5.25. The number of rotatable bonds is 2. The SMILES string of the molecule is CC(=C=C[Si](C)(C)C)[Si](C)(C)C. The summed E-state index contributed by atoms with van der Waals surface area (Å²) >= 11 is 0. The predicted octanol–water partition coefficient (Wildman–Crippen LogP) is 3.84. The minimum atomic E-state index is -1.06. The van der Waals surface area contributed by atoms with Gasteiger partial charge >= 0.3 is 0 Å². The highest BCUT2D eigenvalue weighted by Crippen LogP contribution is 2.12. The molecule has 0 amide bonds. The van der Waals surface area contributed by atoms with Crippen molar-refractivity contribution < 1.29 is 0 Å². The van der Waals surface area contributed by atoms with Crippen LogP contribution in [0.15, 0.2) is 16.6 Å². The van der Waals surface area contributed by atoms with E-state index in [1.54, 1.807) is 0 Å². The minimum Gasteiger partial charge on any atom is -0.135 e. The molecule has 0 spiro atoms. The molecule has 2 heteroatoms. The van der Waals surface area contributed by atoms with Crippen LogP contribution in [0.2, 0.25) is 39.3 Å². The fourth-order valence-corrected chi connectivity index (χ4v) is 1.84. The van der Waals surface area contributed by atoms with E-state index in [-0.39, 0.29) is 0 Å². The first-order valence-electron chi connectivity index (χ1n) is 4.58. The number of hydrogen-bond acceptors (Lipinski definition) is 0. The smallest absolute Gasteiger partial charge is 0.0819 e. The Kier molecular flexibility index (Phi) is 3.76. The van der Waals surface area contributed by atoms with Crippen molar-refractivity contribution in [1.82, 2.24) is 0 Å². The molecule has 0 aromatic carbocycles. The Morgan fingerprint density at radius 1 is 1.00 bits per heavy atom. The van der Waals surface area contributed by atoms with E-state index >= 15 is 0 Å². The van der Waals surface area contributed by atoms with Crippen molar-refractivity contribution in [2.75, 3.05) is 0 Å². The van der Waals surface area contributed by atoms with E-state index in [0.717, 1.165) is 0 Å². The standard InChI is InChI=1S/C10H22Si2/c1-10(12(5,6)7)8-9-11(2,3)4/h9H,1-7H3. The molecule has 0 saturated heterocycles. The van der Waals surface area contributed by atoms with E-state index in [1.807, 2.05) is 0 Å². The molecular weight excluding hydrogens is 176 g/mol. The highest BCUT2D eigenvalue weighted by atomic mass is 28.3. The fourth-order valence-electron chi connectivity index (χ4n) is 0.541. The highest BCUT2D eigenvalue weighted by Gasteiger charge is 2.15. The molecule has 0 fully saturated rings. The van der Waals surface area contributed by atoms with Gasteiger partial charge in [0.1, 0.15) is 0 Å². The summed E-state index contributed by atoms with van der Waals surface area (Å²) in [6.45, 7) is 16.4. The van der Waals surface area contributed by atoms with Crippen molar-refractivity contribution in [3.8, 4) is 0 Å². The van der Waals surface area contributed by atoms with Crippen LogP contribution in [0, 0.1) is 0 Å². The summed E-state index contributed by atoms with van der Waals surface area (Å²) in [7, 11) is -2.10. The molecule has 0 rings (SSSR count). The Balaban J connectivity index is 4.69. The maximum atomic E-state index is 3.48. The Morgan fingerprint density at radius 3 is 1.67 bits per heavy atom. The van der Waals surface area contributed by atoms with Crippen molar-refractivity contribution in [2.45, 2.75) is 46.2 Å². The summed E-state index contributed by atoms with van der Waals surface area (Å²) < 4.78 is 0. The van der Waals surface area contributed by atoms with Crippen molar-refractivity contribution in [3.63, 3.8) is 0 Å². The first kappa shape index (κ1) is 12.0. The Morgan fingerprint density at radius 2 is 1.42 bits per heavy atom. The van der Waals surface area contributed by atoms with Crippen LogP contribution in [-0.2, 0) is 0 Å². The molecule has 0 aliphatic heterocycles. The monoisotopic (exact) mass is 198 g/mol. The molecule has 0 heterocycles. The van der Waals surface area contributed by atoms with Crippen molar-refractivity contribution in [3.05, 3.63) is 16.6 Å². The molecule has 0 aromatic rings. The first-order chi connectivity index (χ1) is 5.13. The van der Waals surface area contributed by atoms with Gasteiger partial charge in [0.25, 0.3) is 0 Å². The van der Waals surface area contributed by atoms with Gasteiger partial charge in [-0.3, -0.25) is 0 Å². The van der Waals surface area contributed by atoms with Gasteiger partial charge in [0, 0.05) is 0 Å². The molecule has 70 valence electrons. The van der Waals surface area contributed by atoms with E-state index in [4.69, 9.17) is 0 Å². The van der Waals surface area contributed by atoms with Crippen LogP contribution in [0.5, 0.6) is 0 Å². The third-order valence-electron chi connectivity index (χ3n) is 1.85. The van der Waals surface area contributed by atoms with Gasteiger partial charge in [-0.05, 0) is 12.1 Å². The fraction of sp³-hybridized carbons (Fsp3) is 0.700. The van der Waals surface area contributed by atoms with E-state index < -0.39 is 16.1 Å². The van der Waals surface area contributed by atoms with Crippen molar-refractivity contribution in [2.24, 2.45) is 0 Å². The van der Waals surface area contributed by atoms with Crippen molar-refractivity contribution >= 4 is 16.1 Å². The first-order valence-corrected chi connectivity index (χ1v) is 11.7. The van der Waals surface area contributed by atoms with Crippen LogP contribution in [0.25, 0.3) is 0 Å². The summed E-state index contributed by atoms with van der Waals surface area (Å²) in [4.78, 5) is 0. The summed E-state index contributed by atoms with van der Waals surface area (Å²) in [5, 5.41) is 1.49. The Hall–Kier alpha value is -0.0462. The second-order valence-corrected chi connectivity index (χ2v) is 15.8. The maximum absolute atomic E-state index is 3.48. The molecule has 0 bridgehead atoms. The second kappa shape index (κ2) is 3.78. The zero-order valence-corrected chi connectivity index (χ0v) is 11.6. The quantitative estimate of drug-likeness (QED) is 0.467.